The lowest BCUT2D eigenvalue weighted by molar-refractivity contribution is -0.143. The van der Waals surface area contributed by atoms with Gasteiger partial charge in [0, 0.05) is 30.6 Å². The van der Waals surface area contributed by atoms with Crippen LogP contribution in [0.5, 0.6) is 0 Å². The third kappa shape index (κ3) is 4.69. The normalized spacial score (nSPS) is 16.2. The SMILES string of the molecule is CCOC(=O)CCc1csc(N2CCCSCC2)n1. The molecule has 19 heavy (non-hydrogen) atoms. The minimum Gasteiger partial charge on any atom is -0.466 e. The van der Waals surface area contributed by atoms with Crippen molar-refractivity contribution in [3.05, 3.63) is 11.1 Å². The number of thiazole rings is 1. The summed E-state index contributed by atoms with van der Waals surface area (Å²) >= 11 is 3.70. The second-order valence-corrected chi connectivity index (χ2v) is 6.44. The summed E-state index contributed by atoms with van der Waals surface area (Å²) in [5, 5.41) is 3.16. The molecule has 0 saturated carbocycles. The molecule has 6 heteroatoms. The molecule has 2 rings (SSSR count). The van der Waals surface area contributed by atoms with Crippen LogP contribution in [0.2, 0.25) is 0 Å². The molecule has 1 aliphatic heterocycles. The quantitative estimate of drug-likeness (QED) is 0.782. The summed E-state index contributed by atoms with van der Waals surface area (Å²) < 4.78 is 4.93. The van der Waals surface area contributed by atoms with Gasteiger partial charge in [-0.3, -0.25) is 4.79 Å². The molecule has 2 heterocycles. The Morgan fingerprint density at radius 1 is 1.47 bits per heavy atom. The second-order valence-electron chi connectivity index (χ2n) is 4.38. The summed E-state index contributed by atoms with van der Waals surface area (Å²) in [6, 6.07) is 0. The van der Waals surface area contributed by atoms with E-state index in [9.17, 15) is 4.79 Å². The largest absolute Gasteiger partial charge is 0.466 e. The molecular weight excluding hydrogens is 280 g/mol. The van der Waals surface area contributed by atoms with Crippen molar-refractivity contribution >= 4 is 34.2 Å². The monoisotopic (exact) mass is 300 g/mol. The number of aryl methyl sites for hydroxylation is 1. The number of carbonyl (C=O) groups excluding carboxylic acids is 1. The van der Waals surface area contributed by atoms with E-state index in [0.717, 1.165) is 23.9 Å². The fourth-order valence-electron chi connectivity index (χ4n) is 1.96. The molecule has 0 atom stereocenters. The second kappa shape index (κ2) is 7.75. The van der Waals surface area contributed by atoms with Crippen LogP contribution in [-0.2, 0) is 16.0 Å². The molecule has 0 unspecified atom stereocenters. The first kappa shape index (κ1) is 14.7. The number of ether oxygens (including phenoxy) is 1. The summed E-state index contributed by atoms with van der Waals surface area (Å²) in [6.07, 6.45) is 2.33. The topological polar surface area (TPSA) is 42.4 Å². The van der Waals surface area contributed by atoms with Crippen LogP contribution in [0.4, 0.5) is 5.13 Å². The highest BCUT2D eigenvalue weighted by atomic mass is 32.2. The molecule has 1 aromatic heterocycles. The number of hydrogen-bond acceptors (Lipinski definition) is 6. The summed E-state index contributed by atoms with van der Waals surface area (Å²) in [5.41, 5.74) is 1.00. The van der Waals surface area contributed by atoms with E-state index in [4.69, 9.17) is 4.74 Å². The first-order valence-electron chi connectivity index (χ1n) is 6.72. The van der Waals surface area contributed by atoms with Crippen molar-refractivity contribution in [3.63, 3.8) is 0 Å². The molecule has 4 nitrogen and oxygen atoms in total. The van der Waals surface area contributed by atoms with Crippen LogP contribution in [0.1, 0.15) is 25.5 Å². The van der Waals surface area contributed by atoms with Gasteiger partial charge in [0.2, 0.25) is 0 Å². The first-order chi connectivity index (χ1) is 9.29. The number of thioether (sulfide) groups is 1. The highest BCUT2D eigenvalue weighted by molar-refractivity contribution is 7.99. The van der Waals surface area contributed by atoms with E-state index in [2.05, 4.69) is 15.3 Å². The van der Waals surface area contributed by atoms with Gasteiger partial charge in [-0.05, 0) is 19.1 Å². The van der Waals surface area contributed by atoms with Gasteiger partial charge in [0.1, 0.15) is 0 Å². The van der Waals surface area contributed by atoms with Crippen LogP contribution in [0.25, 0.3) is 0 Å². The summed E-state index contributed by atoms with van der Waals surface area (Å²) in [5.74, 6) is 2.29. The van der Waals surface area contributed by atoms with E-state index in [-0.39, 0.29) is 5.97 Å². The average molecular weight is 300 g/mol. The van der Waals surface area contributed by atoms with E-state index >= 15 is 0 Å². The van der Waals surface area contributed by atoms with Gasteiger partial charge in [0.05, 0.1) is 18.7 Å². The number of aromatic nitrogens is 1. The Balaban J connectivity index is 1.85. The van der Waals surface area contributed by atoms with Gasteiger partial charge in [-0.15, -0.1) is 11.3 Å². The Morgan fingerprint density at radius 2 is 2.37 bits per heavy atom. The molecule has 0 amide bonds. The molecule has 1 aliphatic rings. The van der Waals surface area contributed by atoms with Crippen molar-refractivity contribution in [2.45, 2.75) is 26.2 Å². The van der Waals surface area contributed by atoms with Crippen molar-refractivity contribution in [2.75, 3.05) is 36.1 Å². The van der Waals surface area contributed by atoms with Crippen LogP contribution >= 0.6 is 23.1 Å². The Bertz CT molecular complexity index is 401. The third-order valence-corrected chi connectivity index (χ3v) is 4.92. The number of rotatable bonds is 5. The van der Waals surface area contributed by atoms with E-state index in [1.165, 1.54) is 17.9 Å². The van der Waals surface area contributed by atoms with Gasteiger partial charge >= 0.3 is 5.97 Å². The zero-order chi connectivity index (χ0) is 13.5. The van der Waals surface area contributed by atoms with Crippen LogP contribution < -0.4 is 4.90 Å². The van der Waals surface area contributed by atoms with Crippen LogP contribution in [0, 0.1) is 0 Å². The smallest absolute Gasteiger partial charge is 0.306 e. The summed E-state index contributed by atoms with van der Waals surface area (Å²) in [7, 11) is 0. The molecule has 0 bridgehead atoms. The van der Waals surface area contributed by atoms with Gasteiger partial charge in [-0.2, -0.15) is 11.8 Å². The third-order valence-electron chi connectivity index (χ3n) is 2.92. The predicted octanol–water partition coefficient (Wildman–Crippen LogP) is 2.58. The van der Waals surface area contributed by atoms with Crippen molar-refractivity contribution in [2.24, 2.45) is 0 Å². The van der Waals surface area contributed by atoms with E-state index in [1.807, 2.05) is 18.7 Å². The molecule has 0 radical (unpaired) electrons. The number of hydrogen-bond donors (Lipinski definition) is 0. The highest BCUT2D eigenvalue weighted by Gasteiger charge is 2.14. The Morgan fingerprint density at radius 3 is 3.21 bits per heavy atom. The van der Waals surface area contributed by atoms with E-state index in [1.54, 1.807) is 11.3 Å². The van der Waals surface area contributed by atoms with Crippen molar-refractivity contribution in [1.82, 2.24) is 4.98 Å². The van der Waals surface area contributed by atoms with Gasteiger partial charge in [0.15, 0.2) is 5.13 Å². The van der Waals surface area contributed by atoms with Gasteiger partial charge in [-0.25, -0.2) is 4.98 Å². The van der Waals surface area contributed by atoms with Crippen molar-refractivity contribution in [1.29, 1.82) is 0 Å². The zero-order valence-corrected chi connectivity index (χ0v) is 12.9. The zero-order valence-electron chi connectivity index (χ0n) is 11.3. The Kier molecular flexibility index (Phi) is 5.97. The number of nitrogens with zero attached hydrogens (tertiary/aromatic N) is 2. The standard InChI is InChI=1S/C13H20N2O2S2/c1-2-17-12(16)5-4-11-10-19-13(14-11)15-6-3-8-18-9-7-15/h10H,2-9H2,1H3. The first-order valence-corrected chi connectivity index (χ1v) is 8.75. The number of esters is 1. The van der Waals surface area contributed by atoms with Crippen LogP contribution in [-0.4, -0.2) is 42.2 Å². The maximum Gasteiger partial charge on any atom is 0.306 e. The van der Waals surface area contributed by atoms with Crippen molar-refractivity contribution in [3.8, 4) is 0 Å². The number of anilines is 1. The Hall–Kier alpha value is -0.750. The molecule has 0 spiro atoms. The van der Waals surface area contributed by atoms with Gasteiger partial charge in [-0.1, -0.05) is 0 Å². The number of carbonyl (C=O) groups is 1. The van der Waals surface area contributed by atoms with Gasteiger partial charge in [0.25, 0.3) is 0 Å². The van der Waals surface area contributed by atoms with Crippen LogP contribution in [0.15, 0.2) is 5.38 Å². The van der Waals surface area contributed by atoms with E-state index < -0.39 is 0 Å². The lowest BCUT2D eigenvalue weighted by Crippen LogP contribution is -2.25. The minimum absolute atomic E-state index is 0.136. The molecule has 106 valence electrons. The summed E-state index contributed by atoms with van der Waals surface area (Å²) in [4.78, 5) is 18.3. The summed E-state index contributed by atoms with van der Waals surface area (Å²) in [6.45, 7) is 4.45. The maximum atomic E-state index is 11.3. The molecule has 0 aromatic carbocycles. The highest BCUT2D eigenvalue weighted by Crippen LogP contribution is 2.24. The van der Waals surface area contributed by atoms with Gasteiger partial charge < -0.3 is 9.64 Å². The molecule has 1 fully saturated rings. The Labute approximate surface area is 122 Å². The molecule has 1 aromatic rings. The minimum atomic E-state index is -0.136. The molecule has 0 aliphatic carbocycles. The lowest BCUT2D eigenvalue weighted by atomic mass is 10.2. The van der Waals surface area contributed by atoms with Crippen molar-refractivity contribution < 1.29 is 9.53 Å². The lowest BCUT2D eigenvalue weighted by Gasteiger charge is -2.18. The van der Waals surface area contributed by atoms with E-state index in [0.29, 0.717) is 19.4 Å². The molecular formula is C13H20N2O2S2. The average Bonchev–Trinajstić information content (AvgIpc) is 2.71. The van der Waals surface area contributed by atoms with Crippen LogP contribution in [0.3, 0.4) is 0 Å². The fraction of sp³-hybridized carbons (Fsp3) is 0.692. The molecule has 1 saturated heterocycles. The maximum absolute atomic E-state index is 11.3. The predicted molar refractivity (Wildman–Crippen MR) is 81.2 cm³/mol. The fourth-order valence-corrected chi connectivity index (χ4v) is 3.76. The molecule has 0 N–H and O–H groups in total.